The van der Waals surface area contributed by atoms with Gasteiger partial charge in [-0.25, -0.2) is 15.0 Å². The van der Waals surface area contributed by atoms with Crippen LogP contribution in [-0.2, 0) is 0 Å². The minimum Gasteiger partial charge on any atom is -0.456 e. The molecule has 0 saturated carbocycles. The van der Waals surface area contributed by atoms with E-state index in [0.717, 1.165) is 77.7 Å². The molecule has 7 heteroatoms. The van der Waals surface area contributed by atoms with E-state index in [9.17, 15) is 0 Å². The van der Waals surface area contributed by atoms with E-state index in [4.69, 9.17) is 19.4 Å². The molecular formula is C69H41N5OS. The summed E-state index contributed by atoms with van der Waals surface area (Å²) in [5, 5.41) is 9.45. The second-order valence-electron chi connectivity index (χ2n) is 19.6. The SMILES string of the molecule is c1ccc(-c2nc(-c3ccccc3)nc(-c3ccc4sc5ccc(-n6c7ccccc7c7cc(-c8ccc9oc%10ccc(-c%11ccc%12c(c%11)c%11ccccc%11n%12-c%11ccccc%11)cc%10c9c8)ccc76)cc5c4c3)n2)cc1. The maximum atomic E-state index is 6.50. The van der Waals surface area contributed by atoms with Gasteiger partial charge in [0.25, 0.3) is 0 Å². The van der Waals surface area contributed by atoms with Gasteiger partial charge in [-0.1, -0.05) is 140 Å². The van der Waals surface area contributed by atoms with Gasteiger partial charge < -0.3 is 13.6 Å². The Balaban J connectivity index is 0.780. The zero-order valence-electron chi connectivity index (χ0n) is 40.7. The number of rotatable bonds is 7. The van der Waals surface area contributed by atoms with E-state index in [2.05, 4.69) is 197 Å². The van der Waals surface area contributed by atoms with Gasteiger partial charge in [-0.2, -0.15) is 0 Å². The number of nitrogens with zero attached hydrogens (tertiary/aromatic N) is 5. The van der Waals surface area contributed by atoms with Gasteiger partial charge in [-0.3, -0.25) is 0 Å². The number of para-hydroxylation sites is 3. The number of hydrogen-bond donors (Lipinski definition) is 0. The molecule has 0 amide bonds. The highest BCUT2D eigenvalue weighted by Crippen LogP contribution is 2.42. The molecule has 16 rings (SSSR count). The van der Waals surface area contributed by atoms with Crippen molar-refractivity contribution in [2.75, 3.05) is 0 Å². The first-order valence-electron chi connectivity index (χ1n) is 25.6. The molecule has 0 unspecified atom stereocenters. The Bertz CT molecular complexity index is 4930. The van der Waals surface area contributed by atoms with Crippen LogP contribution in [0.2, 0.25) is 0 Å². The van der Waals surface area contributed by atoms with Gasteiger partial charge in [0.05, 0.1) is 22.1 Å². The molecule has 0 atom stereocenters. The summed E-state index contributed by atoms with van der Waals surface area (Å²) in [6, 6.07) is 88.8. The number of furan rings is 1. The van der Waals surface area contributed by atoms with Crippen LogP contribution in [0, 0.1) is 0 Å². The first-order chi connectivity index (χ1) is 37.6. The molecule has 0 N–H and O–H groups in total. The predicted molar refractivity (Wildman–Crippen MR) is 316 cm³/mol. The van der Waals surface area contributed by atoms with Crippen molar-refractivity contribution >= 4 is 97.1 Å². The molecule has 5 aromatic heterocycles. The topological polar surface area (TPSA) is 61.7 Å². The summed E-state index contributed by atoms with van der Waals surface area (Å²) in [5.74, 6) is 1.94. The van der Waals surface area contributed by atoms with Gasteiger partial charge in [-0.15, -0.1) is 11.3 Å². The van der Waals surface area contributed by atoms with Crippen LogP contribution in [0.25, 0.3) is 154 Å². The molecule has 76 heavy (non-hydrogen) atoms. The third kappa shape index (κ3) is 6.76. The van der Waals surface area contributed by atoms with Crippen LogP contribution in [0.4, 0.5) is 0 Å². The zero-order chi connectivity index (χ0) is 49.8. The highest BCUT2D eigenvalue weighted by atomic mass is 32.1. The standard InChI is InChI=1S/C69H41N5OS/c1-4-14-42(15-5-1)67-70-68(43-16-6-2-7-17-43)72-69(71-67)48-28-34-65-57(40-48)58-41-50(29-35-66(58)76-65)74-60-23-13-11-21-52(60)54-37-45(25-31-62(54)74)47-27-33-64-56(39-47)55-38-46(26-32-63(55)75-64)44-24-30-61-53(36-44)51-20-10-12-22-59(51)73(61)49-18-8-3-9-19-49/h1-41H. The third-order valence-corrected chi connectivity index (χ3v) is 16.3. The summed E-state index contributed by atoms with van der Waals surface area (Å²) in [4.78, 5) is 15.1. The molecule has 16 aromatic rings. The van der Waals surface area contributed by atoms with E-state index in [-0.39, 0.29) is 0 Å². The highest BCUT2D eigenvalue weighted by Gasteiger charge is 2.19. The fourth-order valence-electron chi connectivity index (χ4n) is 11.6. The second-order valence-corrected chi connectivity index (χ2v) is 20.6. The van der Waals surface area contributed by atoms with E-state index in [1.54, 1.807) is 0 Å². The summed E-state index contributed by atoms with van der Waals surface area (Å²) in [5.41, 5.74) is 16.2. The molecule has 6 nitrogen and oxygen atoms in total. The van der Waals surface area contributed by atoms with Gasteiger partial charge in [0, 0.05) is 80.6 Å². The molecule has 0 saturated heterocycles. The maximum absolute atomic E-state index is 6.50. The van der Waals surface area contributed by atoms with Gasteiger partial charge in [0.1, 0.15) is 11.2 Å². The molecule has 0 fully saturated rings. The van der Waals surface area contributed by atoms with Crippen molar-refractivity contribution < 1.29 is 4.42 Å². The van der Waals surface area contributed by atoms with E-state index >= 15 is 0 Å². The van der Waals surface area contributed by atoms with Crippen molar-refractivity contribution in [2.45, 2.75) is 0 Å². The molecule has 11 aromatic carbocycles. The van der Waals surface area contributed by atoms with Crippen molar-refractivity contribution in [3.8, 4) is 67.8 Å². The average molecular weight is 988 g/mol. The number of benzene rings is 11. The Kier molecular flexibility index (Phi) is 9.40. The lowest BCUT2D eigenvalue weighted by molar-refractivity contribution is 0.669. The van der Waals surface area contributed by atoms with E-state index in [0.29, 0.717) is 17.5 Å². The van der Waals surface area contributed by atoms with Gasteiger partial charge in [0.2, 0.25) is 0 Å². The molecule has 0 aliphatic heterocycles. The lowest BCUT2D eigenvalue weighted by atomic mass is 9.98. The highest BCUT2D eigenvalue weighted by molar-refractivity contribution is 7.25. The quantitative estimate of drug-likeness (QED) is 0.160. The van der Waals surface area contributed by atoms with E-state index in [1.807, 2.05) is 72.0 Å². The Hall–Kier alpha value is -9.95. The molecule has 0 spiro atoms. The predicted octanol–water partition coefficient (Wildman–Crippen LogP) is 18.7. The zero-order valence-corrected chi connectivity index (χ0v) is 41.5. The molecule has 0 aliphatic rings. The fourth-order valence-corrected chi connectivity index (χ4v) is 12.6. The first kappa shape index (κ1) is 42.5. The van der Waals surface area contributed by atoms with E-state index < -0.39 is 0 Å². The van der Waals surface area contributed by atoms with Crippen LogP contribution >= 0.6 is 11.3 Å². The van der Waals surface area contributed by atoms with E-state index in [1.165, 1.54) is 58.3 Å². The van der Waals surface area contributed by atoms with Gasteiger partial charge >= 0.3 is 0 Å². The third-order valence-electron chi connectivity index (χ3n) is 15.2. The first-order valence-corrected chi connectivity index (χ1v) is 26.4. The molecule has 0 radical (unpaired) electrons. The van der Waals surface area contributed by atoms with Crippen molar-refractivity contribution in [3.63, 3.8) is 0 Å². The summed E-state index contributed by atoms with van der Waals surface area (Å²) >= 11 is 1.81. The summed E-state index contributed by atoms with van der Waals surface area (Å²) in [6.07, 6.45) is 0. The van der Waals surface area contributed by atoms with Crippen LogP contribution in [0.15, 0.2) is 253 Å². The largest absolute Gasteiger partial charge is 0.456 e. The van der Waals surface area contributed by atoms with Crippen LogP contribution < -0.4 is 0 Å². The minimum absolute atomic E-state index is 0.644. The molecular weight excluding hydrogens is 947 g/mol. The Morgan fingerprint density at radius 3 is 1.21 bits per heavy atom. The summed E-state index contributed by atoms with van der Waals surface area (Å²) in [7, 11) is 0. The Morgan fingerprint density at radius 1 is 0.263 bits per heavy atom. The minimum atomic E-state index is 0.644. The van der Waals surface area contributed by atoms with Crippen molar-refractivity contribution in [3.05, 3.63) is 249 Å². The molecule has 0 bridgehead atoms. The lowest BCUT2D eigenvalue weighted by Crippen LogP contribution is -2.00. The molecule has 0 aliphatic carbocycles. The monoisotopic (exact) mass is 987 g/mol. The van der Waals surface area contributed by atoms with Crippen LogP contribution in [0.1, 0.15) is 0 Å². The number of aromatic nitrogens is 5. The van der Waals surface area contributed by atoms with Gasteiger partial charge in [-0.05, 0) is 131 Å². The maximum Gasteiger partial charge on any atom is 0.164 e. The van der Waals surface area contributed by atoms with Crippen LogP contribution in [0.5, 0.6) is 0 Å². The summed E-state index contributed by atoms with van der Waals surface area (Å²) < 4.78 is 13.7. The lowest BCUT2D eigenvalue weighted by Gasteiger charge is -2.10. The smallest absolute Gasteiger partial charge is 0.164 e. The Morgan fingerprint density at radius 2 is 0.658 bits per heavy atom. The van der Waals surface area contributed by atoms with Crippen LogP contribution in [-0.4, -0.2) is 24.1 Å². The number of fused-ring (bicyclic) bond motifs is 12. The number of thiophene rings is 1. The van der Waals surface area contributed by atoms with Crippen molar-refractivity contribution in [1.82, 2.24) is 24.1 Å². The van der Waals surface area contributed by atoms with Crippen molar-refractivity contribution in [1.29, 1.82) is 0 Å². The van der Waals surface area contributed by atoms with Crippen molar-refractivity contribution in [2.24, 2.45) is 0 Å². The average Bonchev–Trinajstić information content (AvgIpc) is 4.29. The molecule has 5 heterocycles. The summed E-state index contributed by atoms with van der Waals surface area (Å²) in [6.45, 7) is 0. The van der Waals surface area contributed by atoms with Crippen LogP contribution in [0.3, 0.4) is 0 Å². The fraction of sp³-hybridized carbons (Fsp3) is 0. The second kappa shape index (κ2) is 16.8. The Labute approximate surface area is 439 Å². The number of hydrogen-bond acceptors (Lipinski definition) is 5. The van der Waals surface area contributed by atoms with Gasteiger partial charge in [0.15, 0.2) is 17.5 Å². The molecule has 354 valence electrons. The normalized spacial score (nSPS) is 11.9.